The fraction of sp³-hybridized carbons (Fsp3) is 0.421. The molecular weight excluding hydrogens is 353 g/mol. The number of aromatic nitrogens is 4. The van der Waals surface area contributed by atoms with Gasteiger partial charge in [0.25, 0.3) is 0 Å². The molecule has 5 rings (SSSR count). The van der Waals surface area contributed by atoms with Gasteiger partial charge in [0.05, 0.1) is 11.9 Å². The van der Waals surface area contributed by atoms with Crippen LogP contribution in [0.1, 0.15) is 36.6 Å². The maximum atomic E-state index is 13.0. The lowest BCUT2D eigenvalue weighted by atomic mass is 10.1. The fourth-order valence-electron chi connectivity index (χ4n) is 3.53. The van der Waals surface area contributed by atoms with Crippen molar-refractivity contribution in [1.82, 2.24) is 19.8 Å². The average Bonchev–Trinajstić information content (AvgIpc) is 3.55. The molecule has 3 aromatic rings. The average molecular weight is 372 g/mol. The molecule has 2 atom stereocenters. The summed E-state index contributed by atoms with van der Waals surface area (Å²) in [7, 11) is 0. The number of nitrogens with zero attached hydrogens (tertiary/aromatic N) is 4. The molecule has 0 saturated heterocycles. The first-order valence-corrected chi connectivity index (χ1v) is 9.45. The molecule has 5 nitrogen and oxygen atoms in total. The molecule has 0 spiro atoms. The standard InChI is InChI=1S/C19H19ClFN5/c20-18-16(10-23-26-17(7-11-1-2-11)24-25-19(18)26)22-9-13-8-15(13)12-3-5-14(21)6-4-12/h3-6,10-11,13,15,22H,1-2,7-9H2. The number of nitrogens with one attached hydrogen (secondary N) is 1. The van der Waals surface area contributed by atoms with Crippen LogP contribution in [0.4, 0.5) is 10.1 Å². The molecule has 1 N–H and O–H groups in total. The smallest absolute Gasteiger partial charge is 0.198 e. The minimum absolute atomic E-state index is 0.190. The maximum absolute atomic E-state index is 13.0. The van der Waals surface area contributed by atoms with Gasteiger partial charge in [0.15, 0.2) is 11.5 Å². The van der Waals surface area contributed by atoms with E-state index in [0.29, 0.717) is 22.5 Å². The monoisotopic (exact) mass is 371 g/mol. The van der Waals surface area contributed by atoms with Crippen molar-refractivity contribution in [3.8, 4) is 0 Å². The molecule has 0 amide bonds. The van der Waals surface area contributed by atoms with Gasteiger partial charge in [-0.1, -0.05) is 23.7 Å². The molecule has 2 saturated carbocycles. The maximum Gasteiger partial charge on any atom is 0.198 e. The van der Waals surface area contributed by atoms with Crippen LogP contribution in [0.15, 0.2) is 30.5 Å². The molecule has 2 unspecified atom stereocenters. The van der Waals surface area contributed by atoms with Gasteiger partial charge < -0.3 is 5.32 Å². The quantitative estimate of drug-likeness (QED) is 0.709. The van der Waals surface area contributed by atoms with Crippen LogP contribution < -0.4 is 5.32 Å². The van der Waals surface area contributed by atoms with E-state index in [1.807, 2.05) is 12.1 Å². The number of hydrogen-bond donors (Lipinski definition) is 1. The molecule has 7 heteroatoms. The molecule has 2 heterocycles. The summed E-state index contributed by atoms with van der Waals surface area (Å²) in [5.41, 5.74) is 2.59. The van der Waals surface area contributed by atoms with Gasteiger partial charge in [-0.15, -0.1) is 10.2 Å². The van der Waals surface area contributed by atoms with Crippen LogP contribution in [0.25, 0.3) is 5.65 Å². The van der Waals surface area contributed by atoms with Gasteiger partial charge in [-0.25, -0.2) is 4.39 Å². The van der Waals surface area contributed by atoms with E-state index in [1.165, 1.54) is 30.5 Å². The second-order valence-corrected chi connectivity index (χ2v) is 7.78. The number of halogens is 2. The molecule has 2 aromatic heterocycles. The Morgan fingerprint density at radius 1 is 1.19 bits per heavy atom. The van der Waals surface area contributed by atoms with E-state index in [-0.39, 0.29) is 5.82 Å². The Balaban J connectivity index is 1.26. The summed E-state index contributed by atoms with van der Waals surface area (Å²) in [4.78, 5) is 0. The van der Waals surface area contributed by atoms with E-state index < -0.39 is 0 Å². The summed E-state index contributed by atoms with van der Waals surface area (Å²) in [6, 6.07) is 6.80. The van der Waals surface area contributed by atoms with Crippen LogP contribution in [0, 0.1) is 17.7 Å². The van der Waals surface area contributed by atoms with Gasteiger partial charge >= 0.3 is 0 Å². The molecule has 2 fully saturated rings. The second kappa shape index (κ2) is 6.20. The van der Waals surface area contributed by atoms with Crippen LogP contribution >= 0.6 is 11.6 Å². The van der Waals surface area contributed by atoms with Crippen LogP contribution in [0.5, 0.6) is 0 Å². The highest BCUT2D eigenvalue weighted by atomic mass is 35.5. The van der Waals surface area contributed by atoms with Gasteiger partial charge in [-0.05, 0) is 54.7 Å². The second-order valence-electron chi connectivity index (χ2n) is 7.41. The highest BCUT2D eigenvalue weighted by molar-refractivity contribution is 6.36. The summed E-state index contributed by atoms with van der Waals surface area (Å²) in [6.45, 7) is 0.808. The third-order valence-corrected chi connectivity index (χ3v) is 5.76. The molecule has 0 aliphatic heterocycles. The van der Waals surface area contributed by atoms with Crippen molar-refractivity contribution in [2.75, 3.05) is 11.9 Å². The number of hydrogen-bond acceptors (Lipinski definition) is 4. The molecule has 134 valence electrons. The van der Waals surface area contributed by atoms with Crippen molar-refractivity contribution < 1.29 is 4.39 Å². The van der Waals surface area contributed by atoms with Gasteiger partial charge in [-0.3, -0.25) is 0 Å². The number of rotatable bonds is 6. The van der Waals surface area contributed by atoms with Crippen LogP contribution in [0.2, 0.25) is 5.02 Å². The molecule has 0 bridgehead atoms. The van der Waals surface area contributed by atoms with Gasteiger partial charge in [0.1, 0.15) is 10.8 Å². The normalized spacial score (nSPS) is 21.9. The minimum atomic E-state index is -0.190. The van der Waals surface area contributed by atoms with Crippen LogP contribution in [-0.4, -0.2) is 26.4 Å². The zero-order chi connectivity index (χ0) is 17.7. The first-order valence-electron chi connectivity index (χ1n) is 9.07. The number of benzene rings is 1. The fourth-order valence-corrected chi connectivity index (χ4v) is 3.76. The number of fused-ring (bicyclic) bond motifs is 1. The predicted molar refractivity (Wildman–Crippen MR) is 98.0 cm³/mol. The minimum Gasteiger partial charge on any atom is -0.382 e. The van der Waals surface area contributed by atoms with Crippen molar-refractivity contribution in [2.45, 2.75) is 31.6 Å². The molecule has 0 radical (unpaired) electrons. The summed E-state index contributed by atoms with van der Waals surface area (Å²) in [5, 5.41) is 16.9. The lowest BCUT2D eigenvalue weighted by Crippen LogP contribution is -2.08. The van der Waals surface area contributed by atoms with Gasteiger partial charge in [0, 0.05) is 13.0 Å². The van der Waals surface area contributed by atoms with Gasteiger partial charge in [-0.2, -0.15) is 9.61 Å². The lowest BCUT2D eigenvalue weighted by Gasteiger charge is -2.08. The number of anilines is 1. The molecule has 2 aliphatic carbocycles. The molecular formula is C19H19ClFN5. The van der Waals surface area contributed by atoms with Gasteiger partial charge in [0.2, 0.25) is 0 Å². The Bertz CT molecular complexity index is 950. The van der Waals surface area contributed by atoms with E-state index in [1.54, 1.807) is 10.7 Å². The summed E-state index contributed by atoms with van der Waals surface area (Å²) in [6.07, 6.45) is 6.29. The molecule has 26 heavy (non-hydrogen) atoms. The Morgan fingerprint density at radius 2 is 2.00 bits per heavy atom. The van der Waals surface area contributed by atoms with Crippen molar-refractivity contribution in [3.05, 3.63) is 52.7 Å². The van der Waals surface area contributed by atoms with Crippen molar-refractivity contribution in [2.24, 2.45) is 11.8 Å². The molecule has 2 aliphatic rings. The summed E-state index contributed by atoms with van der Waals surface area (Å²) in [5.74, 6) is 2.42. The Kier molecular flexibility index (Phi) is 3.81. The van der Waals surface area contributed by atoms with Crippen molar-refractivity contribution >= 4 is 22.9 Å². The first kappa shape index (κ1) is 16.0. The van der Waals surface area contributed by atoms with E-state index in [4.69, 9.17) is 11.6 Å². The van der Waals surface area contributed by atoms with Crippen molar-refractivity contribution in [1.29, 1.82) is 0 Å². The van der Waals surface area contributed by atoms with Crippen LogP contribution in [0.3, 0.4) is 0 Å². The topological polar surface area (TPSA) is 55.1 Å². The Morgan fingerprint density at radius 3 is 2.77 bits per heavy atom. The van der Waals surface area contributed by atoms with E-state index in [2.05, 4.69) is 20.6 Å². The van der Waals surface area contributed by atoms with Crippen LogP contribution in [-0.2, 0) is 6.42 Å². The van der Waals surface area contributed by atoms with E-state index in [9.17, 15) is 4.39 Å². The van der Waals surface area contributed by atoms with E-state index in [0.717, 1.165) is 36.8 Å². The van der Waals surface area contributed by atoms with Crippen molar-refractivity contribution in [3.63, 3.8) is 0 Å². The highest BCUT2D eigenvalue weighted by Crippen LogP contribution is 2.47. The molecule has 1 aromatic carbocycles. The predicted octanol–water partition coefficient (Wildman–Crippen LogP) is 4.08. The zero-order valence-electron chi connectivity index (χ0n) is 14.2. The Labute approximate surface area is 155 Å². The Hall–Kier alpha value is -2.21. The highest BCUT2D eigenvalue weighted by Gasteiger charge is 2.38. The third-order valence-electron chi connectivity index (χ3n) is 5.38. The first-order chi connectivity index (χ1) is 12.7. The zero-order valence-corrected chi connectivity index (χ0v) is 15.0. The summed E-state index contributed by atoms with van der Waals surface area (Å²) < 4.78 is 14.8. The largest absolute Gasteiger partial charge is 0.382 e. The SMILES string of the molecule is Fc1ccc(C2CC2CNc2cnn3c(CC4CC4)nnc3c2Cl)cc1. The summed E-state index contributed by atoms with van der Waals surface area (Å²) >= 11 is 6.51. The lowest BCUT2D eigenvalue weighted by molar-refractivity contribution is 0.627. The van der Waals surface area contributed by atoms with E-state index >= 15 is 0 Å². The third kappa shape index (κ3) is 3.03.